The Hall–Kier alpha value is -0.770. The van der Waals surface area contributed by atoms with Gasteiger partial charge in [0.2, 0.25) is 5.70 Å². The predicted molar refractivity (Wildman–Crippen MR) is 78.5 cm³/mol. The first-order chi connectivity index (χ1) is 8.65. The van der Waals surface area contributed by atoms with Crippen LogP contribution in [0.1, 0.15) is 52.4 Å². The first-order valence-electron chi connectivity index (χ1n) is 6.78. The predicted octanol–water partition coefficient (Wildman–Crippen LogP) is 4.57. The van der Waals surface area contributed by atoms with Crippen molar-refractivity contribution in [2.75, 3.05) is 5.75 Å². The third-order valence-electron chi connectivity index (χ3n) is 3.22. The van der Waals surface area contributed by atoms with Gasteiger partial charge in [-0.1, -0.05) is 25.5 Å². The first kappa shape index (κ1) is 15.3. The van der Waals surface area contributed by atoms with Crippen molar-refractivity contribution >= 4 is 11.8 Å². The SMILES string of the molecule is CCSC(C)/C=C\CC1=C([N+](=O)[O-])CCCCC1. The summed E-state index contributed by atoms with van der Waals surface area (Å²) in [4.78, 5) is 10.9. The monoisotopic (exact) mass is 269 g/mol. The average molecular weight is 269 g/mol. The molecule has 0 N–H and O–H groups in total. The number of hydrogen-bond acceptors (Lipinski definition) is 3. The highest BCUT2D eigenvalue weighted by Gasteiger charge is 2.19. The molecule has 4 heteroatoms. The lowest BCUT2D eigenvalue weighted by molar-refractivity contribution is -0.429. The van der Waals surface area contributed by atoms with Crippen LogP contribution in [0, 0.1) is 10.1 Å². The summed E-state index contributed by atoms with van der Waals surface area (Å²) in [6.45, 7) is 4.31. The molecule has 3 nitrogen and oxygen atoms in total. The summed E-state index contributed by atoms with van der Waals surface area (Å²) in [5.74, 6) is 1.11. The van der Waals surface area contributed by atoms with Gasteiger partial charge in [-0.15, -0.1) is 0 Å². The van der Waals surface area contributed by atoms with E-state index in [4.69, 9.17) is 0 Å². The van der Waals surface area contributed by atoms with Crippen molar-refractivity contribution in [3.8, 4) is 0 Å². The van der Waals surface area contributed by atoms with E-state index >= 15 is 0 Å². The molecule has 0 bridgehead atoms. The van der Waals surface area contributed by atoms with Gasteiger partial charge in [0.25, 0.3) is 0 Å². The number of rotatable bonds is 6. The van der Waals surface area contributed by atoms with Crippen molar-refractivity contribution in [2.45, 2.75) is 57.6 Å². The molecule has 1 atom stereocenters. The summed E-state index contributed by atoms with van der Waals surface area (Å²) in [5, 5.41) is 11.5. The van der Waals surface area contributed by atoms with Crippen molar-refractivity contribution in [1.82, 2.24) is 0 Å². The van der Waals surface area contributed by atoms with Crippen LogP contribution in [0.3, 0.4) is 0 Å². The third-order valence-corrected chi connectivity index (χ3v) is 4.24. The highest BCUT2D eigenvalue weighted by molar-refractivity contribution is 8.00. The van der Waals surface area contributed by atoms with Gasteiger partial charge in [-0.2, -0.15) is 11.8 Å². The molecule has 0 amide bonds. The lowest BCUT2D eigenvalue weighted by atomic mass is 10.0. The van der Waals surface area contributed by atoms with Crippen molar-refractivity contribution in [3.63, 3.8) is 0 Å². The molecule has 0 saturated heterocycles. The van der Waals surface area contributed by atoms with Crippen LogP contribution in [-0.4, -0.2) is 15.9 Å². The number of thioether (sulfide) groups is 1. The Morgan fingerprint density at radius 3 is 2.78 bits per heavy atom. The minimum atomic E-state index is -0.168. The van der Waals surface area contributed by atoms with Crippen molar-refractivity contribution in [3.05, 3.63) is 33.5 Å². The zero-order chi connectivity index (χ0) is 13.4. The summed E-state index contributed by atoms with van der Waals surface area (Å²) in [5.41, 5.74) is 1.52. The van der Waals surface area contributed by atoms with Crippen LogP contribution in [-0.2, 0) is 0 Å². The second-order valence-corrected chi connectivity index (χ2v) is 6.32. The summed E-state index contributed by atoms with van der Waals surface area (Å²) >= 11 is 1.89. The van der Waals surface area contributed by atoms with Gasteiger partial charge < -0.3 is 0 Å². The smallest absolute Gasteiger partial charge is 0.245 e. The van der Waals surface area contributed by atoms with E-state index in [9.17, 15) is 10.1 Å². The van der Waals surface area contributed by atoms with E-state index in [1.54, 1.807) is 0 Å². The first-order valence-corrected chi connectivity index (χ1v) is 7.83. The van der Waals surface area contributed by atoms with Crippen LogP contribution in [0.4, 0.5) is 0 Å². The van der Waals surface area contributed by atoms with Crippen LogP contribution >= 0.6 is 11.8 Å². The number of nitrogens with zero attached hydrogens (tertiary/aromatic N) is 1. The van der Waals surface area contributed by atoms with Gasteiger partial charge in [0.1, 0.15) is 0 Å². The van der Waals surface area contributed by atoms with Gasteiger partial charge in [0, 0.05) is 17.2 Å². The summed E-state index contributed by atoms with van der Waals surface area (Å²) in [6.07, 6.45) is 9.76. The van der Waals surface area contributed by atoms with E-state index in [0.29, 0.717) is 17.4 Å². The minimum Gasteiger partial charge on any atom is -0.259 e. The maximum Gasteiger partial charge on any atom is 0.245 e. The average Bonchev–Trinajstić information content (AvgIpc) is 2.55. The third kappa shape index (κ3) is 5.25. The second-order valence-electron chi connectivity index (χ2n) is 4.66. The summed E-state index contributed by atoms with van der Waals surface area (Å²) in [6, 6.07) is 0. The molecule has 0 aliphatic heterocycles. The normalized spacial score (nSPS) is 19.0. The Bertz CT molecular complexity index is 337. The molecule has 1 aliphatic rings. The van der Waals surface area contributed by atoms with Gasteiger partial charge >= 0.3 is 0 Å². The molecule has 0 spiro atoms. The van der Waals surface area contributed by atoms with Crippen LogP contribution in [0.25, 0.3) is 0 Å². The molecular formula is C14H23NO2S. The van der Waals surface area contributed by atoms with Gasteiger partial charge in [0.15, 0.2) is 0 Å². The van der Waals surface area contributed by atoms with E-state index < -0.39 is 0 Å². The zero-order valence-electron chi connectivity index (χ0n) is 11.4. The van der Waals surface area contributed by atoms with Gasteiger partial charge in [-0.25, -0.2) is 0 Å². The molecule has 0 saturated carbocycles. The van der Waals surface area contributed by atoms with Crippen molar-refractivity contribution in [1.29, 1.82) is 0 Å². The quantitative estimate of drug-likeness (QED) is 0.403. The van der Waals surface area contributed by atoms with Crippen LogP contribution in [0.2, 0.25) is 0 Å². The van der Waals surface area contributed by atoms with Gasteiger partial charge in [-0.3, -0.25) is 10.1 Å². The lowest BCUT2D eigenvalue weighted by Crippen LogP contribution is -2.02. The molecule has 1 unspecified atom stereocenters. The number of nitro groups is 1. The maximum absolute atomic E-state index is 11.0. The Kier molecular flexibility index (Phi) is 7.09. The molecule has 0 radical (unpaired) electrons. The van der Waals surface area contributed by atoms with Crippen molar-refractivity contribution in [2.24, 2.45) is 0 Å². The zero-order valence-corrected chi connectivity index (χ0v) is 12.2. The molecule has 0 fully saturated rings. The molecule has 0 aromatic rings. The van der Waals surface area contributed by atoms with Gasteiger partial charge in [-0.05, 0) is 38.4 Å². The molecule has 1 rings (SSSR count). The Labute approximate surface area is 114 Å². The highest BCUT2D eigenvalue weighted by atomic mass is 32.2. The highest BCUT2D eigenvalue weighted by Crippen LogP contribution is 2.26. The van der Waals surface area contributed by atoms with E-state index in [2.05, 4.69) is 26.0 Å². The van der Waals surface area contributed by atoms with E-state index in [-0.39, 0.29) is 4.92 Å². The fourth-order valence-electron chi connectivity index (χ4n) is 2.29. The van der Waals surface area contributed by atoms with Crippen LogP contribution in [0.15, 0.2) is 23.4 Å². The molecule has 18 heavy (non-hydrogen) atoms. The molecule has 0 aromatic heterocycles. The minimum absolute atomic E-state index is 0.168. The largest absolute Gasteiger partial charge is 0.259 e. The molecular weight excluding hydrogens is 246 g/mol. The molecule has 1 aliphatic carbocycles. The summed E-state index contributed by atoms with van der Waals surface area (Å²) in [7, 11) is 0. The number of hydrogen-bond donors (Lipinski definition) is 0. The fourth-order valence-corrected chi connectivity index (χ4v) is 3.04. The molecule has 0 aromatic carbocycles. The summed E-state index contributed by atoms with van der Waals surface area (Å²) < 4.78 is 0. The van der Waals surface area contributed by atoms with E-state index in [1.807, 2.05) is 11.8 Å². The topological polar surface area (TPSA) is 43.1 Å². The fraction of sp³-hybridized carbons (Fsp3) is 0.714. The molecule has 0 heterocycles. The Morgan fingerprint density at radius 1 is 1.39 bits per heavy atom. The molecule has 102 valence electrons. The Balaban J connectivity index is 2.62. The van der Waals surface area contributed by atoms with Crippen LogP contribution < -0.4 is 0 Å². The van der Waals surface area contributed by atoms with Gasteiger partial charge in [0.05, 0.1) is 4.92 Å². The van der Waals surface area contributed by atoms with Crippen LogP contribution in [0.5, 0.6) is 0 Å². The second kappa shape index (κ2) is 8.35. The standard InChI is InChI=1S/C14H23NO2S/c1-3-18-12(2)8-7-10-13-9-5-4-6-11-14(13)15(16)17/h7-8,12H,3-6,9-11H2,1-2H3/b8-7-. The van der Waals surface area contributed by atoms with Crippen molar-refractivity contribution < 1.29 is 4.92 Å². The number of allylic oxidation sites excluding steroid dienone is 3. The van der Waals surface area contributed by atoms with E-state index in [0.717, 1.165) is 43.4 Å². The maximum atomic E-state index is 11.0. The Morgan fingerprint density at radius 2 is 2.11 bits per heavy atom. The van der Waals surface area contributed by atoms with E-state index in [1.165, 1.54) is 0 Å². The lowest BCUT2D eigenvalue weighted by Gasteiger charge is -2.05.